The molecule has 7 nitrogen and oxygen atoms in total. The molecule has 7 heteroatoms. The van der Waals surface area contributed by atoms with Gasteiger partial charge in [0.05, 0.1) is 37.3 Å². The zero-order chi connectivity index (χ0) is 18.4. The van der Waals surface area contributed by atoms with Crippen LogP contribution < -0.4 is 15.5 Å². The Morgan fingerprint density at radius 3 is 2.58 bits per heavy atom. The molecule has 0 atom stereocenters. The van der Waals surface area contributed by atoms with Gasteiger partial charge in [-0.25, -0.2) is 9.59 Å². The van der Waals surface area contributed by atoms with Gasteiger partial charge in [-0.1, -0.05) is 18.2 Å². The monoisotopic (exact) mass is 355 g/mol. The van der Waals surface area contributed by atoms with E-state index in [1.807, 2.05) is 24.3 Å². The van der Waals surface area contributed by atoms with Crippen molar-refractivity contribution >= 4 is 29.1 Å². The molecule has 2 aromatic rings. The predicted octanol–water partition coefficient (Wildman–Crippen LogP) is 2.95. The van der Waals surface area contributed by atoms with E-state index in [4.69, 9.17) is 9.47 Å². The lowest BCUT2D eigenvalue weighted by molar-refractivity contribution is 0.0600. The van der Waals surface area contributed by atoms with Crippen LogP contribution in [0.5, 0.6) is 0 Å². The van der Waals surface area contributed by atoms with Crippen molar-refractivity contribution in [1.82, 2.24) is 0 Å². The lowest BCUT2D eigenvalue weighted by Crippen LogP contribution is -2.37. The number of ether oxygens (including phenoxy) is 2. The number of hydrogen-bond donors (Lipinski definition) is 2. The molecule has 26 heavy (non-hydrogen) atoms. The summed E-state index contributed by atoms with van der Waals surface area (Å²) >= 11 is 0. The van der Waals surface area contributed by atoms with Gasteiger partial charge in [0.1, 0.15) is 0 Å². The summed E-state index contributed by atoms with van der Waals surface area (Å²) in [6, 6.07) is 13.8. The third-order valence-electron chi connectivity index (χ3n) is 4.05. The van der Waals surface area contributed by atoms with E-state index in [9.17, 15) is 9.59 Å². The average molecular weight is 355 g/mol. The number of carbonyl (C=O) groups is 2. The minimum absolute atomic E-state index is 0.374. The van der Waals surface area contributed by atoms with Crippen LogP contribution in [0.4, 0.5) is 21.9 Å². The quantitative estimate of drug-likeness (QED) is 0.825. The van der Waals surface area contributed by atoms with Crippen LogP contribution in [0.25, 0.3) is 0 Å². The Balaban J connectivity index is 1.70. The first-order valence-electron chi connectivity index (χ1n) is 8.35. The molecule has 1 aliphatic rings. The first kappa shape index (κ1) is 17.8. The van der Waals surface area contributed by atoms with Crippen LogP contribution in [-0.4, -0.2) is 45.4 Å². The Morgan fingerprint density at radius 2 is 1.81 bits per heavy atom. The number of anilines is 3. The van der Waals surface area contributed by atoms with Crippen LogP contribution in [0.3, 0.4) is 0 Å². The van der Waals surface area contributed by atoms with Crippen LogP contribution in [0.2, 0.25) is 0 Å². The molecule has 0 spiro atoms. The summed E-state index contributed by atoms with van der Waals surface area (Å²) in [6.45, 7) is 2.89. The van der Waals surface area contributed by atoms with Crippen molar-refractivity contribution in [3.05, 3.63) is 54.1 Å². The number of amides is 2. The average Bonchev–Trinajstić information content (AvgIpc) is 2.68. The third kappa shape index (κ3) is 4.31. The van der Waals surface area contributed by atoms with Crippen molar-refractivity contribution in [2.45, 2.75) is 0 Å². The maximum absolute atomic E-state index is 12.4. The van der Waals surface area contributed by atoms with Crippen LogP contribution in [0.1, 0.15) is 10.4 Å². The highest BCUT2D eigenvalue weighted by molar-refractivity contribution is 6.02. The predicted molar refractivity (Wildman–Crippen MR) is 99.9 cm³/mol. The Bertz CT molecular complexity index is 788. The number of nitrogens with zero attached hydrogens (tertiary/aromatic N) is 1. The number of morpholine rings is 1. The highest BCUT2D eigenvalue weighted by atomic mass is 16.5. The molecule has 0 unspecified atom stereocenters. The van der Waals surface area contributed by atoms with Gasteiger partial charge < -0.3 is 25.0 Å². The van der Waals surface area contributed by atoms with E-state index in [2.05, 4.69) is 15.5 Å². The van der Waals surface area contributed by atoms with Gasteiger partial charge in [-0.05, 0) is 30.3 Å². The highest BCUT2D eigenvalue weighted by Crippen LogP contribution is 2.26. The fraction of sp³-hybridized carbons (Fsp3) is 0.263. The van der Waals surface area contributed by atoms with E-state index in [1.54, 1.807) is 24.3 Å². The zero-order valence-electron chi connectivity index (χ0n) is 14.5. The number of hydrogen-bond acceptors (Lipinski definition) is 5. The van der Waals surface area contributed by atoms with Crippen molar-refractivity contribution in [1.29, 1.82) is 0 Å². The third-order valence-corrected chi connectivity index (χ3v) is 4.05. The standard InChI is InChI=1S/C19H21N3O4/c1-25-18(23)14-5-4-6-15(13-14)20-19(24)21-16-7-2-3-8-17(16)22-9-11-26-12-10-22/h2-8,13H,9-12H2,1H3,(H2,20,21,24). The maximum Gasteiger partial charge on any atom is 0.337 e. The number of nitrogens with one attached hydrogen (secondary N) is 2. The summed E-state index contributed by atoms with van der Waals surface area (Å²) in [5, 5.41) is 5.61. The minimum atomic E-state index is -0.452. The van der Waals surface area contributed by atoms with Crippen LogP contribution in [0.15, 0.2) is 48.5 Å². The summed E-state index contributed by atoms with van der Waals surface area (Å²) in [7, 11) is 1.32. The summed E-state index contributed by atoms with van der Waals surface area (Å²) in [5.74, 6) is -0.452. The van der Waals surface area contributed by atoms with Gasteiger partial charge in [-0.2, -0.15) is 0 Å². The Hall–Kier alpha value is -3.06. The molecule has 0 saturated carbocycles. The number of carbonyl (C=O) groups excluding carboxylic acids is 2. The van der Waals surface area contributed by atoms with Gasteiger partial charge in [-0.3, -0.25) is 0 Å². The molecule has 2 amide bonds. The molecule has 2 aromatic carbocycles. The molecule has 1 fully saturated rings. The second-order valence-corrected chi connectivity index (χ2v) is 5.77. The van der Waals surface area contributed by atoms with E-state index in [-0.39, 0.29) is 6.03 Å². The molecule has 1 aliphatic heterocycles. The molecule has 3 rings (SSSR count). The number of methoxy groups -OCH3 is 1. The molecule has 0 aliphatic carbocycles. The summed E-state index contributed by atoms with van der Waals surface area (Å²) in [4.78, 5) is 26.2. The molecule has 1 saturated heterocycles. The number of benzene rings is 2. The first-order valence-corrected chi connectivity index (χ1v) is 8.35. The summed E-state index contributed by atoms with van der Waals surface area (Å²) in [6.07, 6.45) is 0. The summed E-state index contributed by atoms with van der Waals surface area (Å²) < 4.78 is 10.1. The number of rotatable bonds is 4. The Kier molecular flexibility index (Phi) is 5.70. The van der Waals surface area contributed by atoms with Gasteiger partial charge in [0.2, 0.25) is 0 Å². The normalized spacial score (nSPS) is 13.8. The summed E-state index contributed by atoms with van der Waals surface area (Å²) in [5.41, 5.74) is 2.55. The number of urea groups is 1. The first-order chi connectivity index (χ1) is 12.7. The fourth-order valence-corrected chi connectivity index (χ4v) is 2.79. The van der Waals surface area contributed by atoms with E-state index in [0.717, 1.165) is 24.5 Å². The van der Waals surface area contributed by atoms with Crippen molar-refractivity contribution < 1.29 is 19.1 Å². The van der Waals surface area contributed by atoms with Crippen LogP contribution in [-0.2, 0) is 9.47 Å². The second kappa shape index (κ2) is 8.35. The van der Waals surface area contributed by atoms with Crippen LogP contribution >= 0.6 is 0 Å². The second-order valence-electron chi connectivity index (χ2n) is 5.77. The van der Waals surface area contributed by atoms with Gasteiger partial charge in [-0.15, -0.1) is 0 Å². The largest absolute Gasteiger partial charge is 0.465 e. The van der Waals surface area contributed by atoms with Crippen molar-refractivity contribution in [2.75, 3.05) is 48.9 Å². The fourth-order valence-electron chi connectivity index (χ4n) is 2.79. The molecular formula is C19H21N3O4. The molecule has 0 bridgehead atoms. The van der Waals surface area contributed by atoms with Crippen molar-refractivity contribution in [3.63, 3.8) is 0 Å². The topological polar surface area (TPSA) is 79.9 Å². The zero-order valence-corrected chi connectivity index (χ0v) is 14.5. The molecule has 136 valence electrons. The van der Waals surface area contributed by atoms with E-state index < -0.39 is 5.97 Å². The minimum Gasteiger partial charge on any atom is -0.465 e. The van der Waals surface area contributed by atoms with Gasteiger partial charge in [0, 0.05) is 18.8 Å². The molecule has 0 aromatic heterocycles. The van der Waals surface area contributed by atoms with E-state index in [0.29, 0.717) is 24.5 Å². The molecule has 0 radical (unpaired) electrons. The lowest BCUT2D eigenvalue weighted by atomic mass is 10.2. The SMILES string of the molecule is COC(=O)c1cccc(NC(=O)Nc2ccccc2N2CCOCC2)c1. The molecule has 1 heterocycles. The maximum atomic E-state index is 12.4. The Labute approximate surface area is 151 Å². The van der Waals surface area contributed by atoms with Crippen LogP contribution in [0, 0.1) is 0 Å². The van der Waals surface area contributed by atoms with Crippen molar-refractivity contribution in [3.8, 4) is 0 Å². The van der Waals surface area contributed by atoms with E-state index >= 15 is 0 Å². The highest BCUT2D eigenvalue weighted by Gasteiger charge is 2.16. The number of para-hydroxylation sites is 2. The van der Waals surface area contributed by atoms with Gasteiger partial charge in [0.15, 0.2) is 0 Å². The van der Waals surface area contributed by atoms with Gasteiger partial charge >= 0.3 is 12.0 Å². The molecule has 2 N–H and O–H groups in total. The smallest absolute Gasteiger partial charge is 0.337 e. The van der Waals surface area contributed by atoms with E-state index in [1.165, 1.54) is 7.11 Å². The van der Waals surface area contributed by atoms with Crippen molar-refractivity contribution in [2.24, 2.45) is 0 Å². The number of esters is 1. The lowest BCUT2D eigenvalue weighted by Gasteiger charge is -2.30. The Morgan fingerprint density at radius 1 is 1.04 bits per heavy atom. The molecular weight excluding hydrogens is 334 g/mol. The van der Waals surface area contributed by atoms with Gasteiger partial charge in [0.25, 0.3) is 0 Å².